The molecule has 0 aliphatic heterocycles. The molecule has 0 aliphatic carbocycles. The molecule has 32 heavy (non-hydrogen) atoms. The van der Waals surface area contributed by atoms with Crippen LogP contribution in [0.4, 0.5) is 10.1 Å². The predicted octanol–water partition coefficient (Wildman–Crippen LogP) is 4.25. The van der Waals surface area contributed by atoms with Crippen LogP contribution >= 0.6 is 0 Å². The Morgan fingerprint density at radius 2 is 1.50 bits per heavy atom. The summed E-state index contributed by atoms with van der Waals surface area (Å²) in [5.74, 6) is -0.793. The molecular formula is C24H24FN3O3S. The van der Waals surface area contributed by atoms with Crippen LogP contribution < -0.4 is 9.73 Å². The molecule has 0 bridgehead atoms. The van der Waals surface area contributed by atoms with Gasteiger partial charge >= 0.3 is 0 Å². The number of sulfonamides is 1. The number of hydrazone groups is 1. The standard InChI is InChI=1S/C24H24FN3O3S/c1-17-4-6-19(7-5-17)16-28(32(3,30)31)23-14-10-21(11-15-23)24(29)27-26-18(2)20-8-12-22(25)13-9-20/h4-15H,16H2,1-3H3,(H,27,29)/b26-18-. The van der Waals surface area contributed by atoms with E-state index in [0.717, 1.165) is 17.4 Å². The highest BCUT2D eigenvalue weighted by atomic mass is 32.2. The van der Waals surface area contributed by atoms with E-state index in [0.29, 0.717) is 22.5 Å². The zero-order chi connectivity index (χ0) is 23.3. The lowest BCUT2D eigenvalue weighted by Crippen LogP contribution is -2.29. The third-order valence-electron chi connectivity index (χ3n) is 4.85. The zero-order valence-electron chi connectivity index (χ0n) is 18.0. The second kappa shape index (κ2) is 9.74. The molecule has 3 rings (SSSR count). The summed E-state index contributed by atoms with van der Waals surface area (Å²) >= 11 is 0. The lowest BCUT2D eigenvalue weighted by atomic mass is 10.1. The molecule has 0 atom stereocenters. The van der Waals surface area contributed by atoms with Gasteiger partial charge in [-0.3, -0.25) is 9.10 Å². The van der Waals surface area contributed by atoms with E-state index < -0.39 is 15.9 Å². The van der Waals surface area contributed by atoms with Crippen LogP contribution in [0.3, 0.4) is 0 Å². The molecule has 0 unspecified atom stereocenters. The van der Waals surface area contributed by atoms with Crippen LogP contribution in [0.5, 0.6) is 0 Å². The summed E-state index contributed by atoms with van der Waals surface area (Å²) in [6, 6.07) is 19.7. The number of halogens is 1. The number of hydrogen-bond acceptors (Lipinski definition) is 4. The number of hydrogen-bond donors (Lipinski definition) is 1. The highest BCUT2D eigenvalue weighted by Gasteiger charge is 2.18. The smallest absolute Gasteiger partial charge is 0.267 e. The number of carbonyl (C=O) groups is 1. The molecule has 8 heteroatoms. The molecule has 1 N–H and O–H groups in total. The fourth-order valence-electron chi connectivity index (χ4n) is 2.99. The first kappa shape index (κ1) is 23.1. The number of aryl methyl sites for hydroxylation is 1. The first-order chi connectivity index (χ1) is 15.1. The Balaban J connectivity index is 1.74. The summed E-state index contributed by atoms with van der Waals surface area (Å²) in [5, 5.41) is 4.05. The van der Waals surface area contributed by atoms with Crippen molar-refractivity contribution in [1.29, 1.82) is 0 Å². The van der Waals surface area contributed by atoms with Gasteiger partial charge in [0.15, 0.2) is 0 Å². The average Bonchev–Trinajstić information content (AvgIpc) is 2.76. The topological polar surface area (TPSA) is 78.8 Å². The highest BCUT2D eigenvalue weighted by molar-refractivity contribution is 7.92. The summed E-state index contributed by atoms with van der Waals surface area (Å²) in [7, 11) is -3.53. The predicted molar refractivity (Wildman–Crippen MR) is 125 cm³/mol. The summed E-state index contributed by atoms with van der Waals surface area (Å²) < 4.78 is 39.0. The van der Waals surface area contributed by atoms with Gasteiger partial charge in [0.2, 0.25) is 10.0 Å². The van der Waals surface area contributed by atoms with Crippen molar-refractivity contribution in [2.24, 2.45) is 5.10 Å². The normalized spacial score (nSPS) is 11.8. The molecule has 6 nitrogen and oxygen atoms in total. The summed E-state index contributed by atoms with van der Waals surface area (Å²) in [5.41, 5.74) is 6.39. The van der Waals surface area contributed by atoms with Gasteiger partial charge in [0.1, 0.15) is 5.82 Å². The van der Waals surface area contributed by atoms with Gasteiger partial charge in [0, 0.05) is 5.56 Å². The van der Waals surface area contributed by atoms with E-state index in [1.54, 1.807) is 43.3 Å². The quantitative estimate of drug-likeness (QED) is 0.429. The van der Waals surface area contributed by atoms with E-state index in [2.05, 4.69) is 10.5 Å². The monoisotopic (exact) mass is 453 g/mol. The molecule has 3 aromatic rings. The van der Waals surface area contributed by atoms with Gasteiger partial charge in [0.25, 0.3) is 5.91 Å². The van der Waals surface area contributed by atoms with E-state index in [1.807, 2.05) is 31.2 Å². The van der Waals surface area contributed by atoms with Crippen molar-refractivity contribution >= 4 is 27.3 Å². The number of nitrogens with zero attached hydrogens (tertiary/aromatic N) is 2. The van der Waals surface area contributed by atoms with E-state index in [4.69, 9.17) is 0 Å². The van der Waals surface area contributed by atoms with Gasteiger partial charge in [-0.15, -0.1) is 0 Å². The van der Waals surface area contributed by atoms with Crippen molar-refractivity contribution in [3.8, 4) is 0 Å². The minimum atomic E-state index is -3.53. The lowest BCUT2D eigenvalue weighted by Gasteiger charge is -2.22. The summed E-state index contributed by atoms with van der Waals surface area (Å²) in [6.07, 6.45) is 1.15. The number of benzene rings is 3. The Hall–Kier alpha value is -3.52. The fourth-order valence-corrected chi connectivity index (χ4v) is 3.88. The number of anilines is 1. The van der Waals surface area contributed by atoms with Crippen LogP contribution in [-0.2, 0) is 16.6 Å². The van der Waals surface area contributed by atoms with Crippen LogP contribution in [0.25, 0.3) is 0 Å². The lowest BCUT2D eigenvalue weighted by molar-refractivity contribution is 0.0955. The Kier molecular flexibility index (Phi) is 7.05. The number of amides is 1. The maximum absolute atomic E-state index is 13.0. The van der Waals surface area contributed by atoms with Gasteiger partial charge in [-0.1, -0.05) is 42.0 Å². The van der Waals surface area contributed by atoms with Gasteiger partial charge in [-0.2, -0.15) is 5.10 Å². The van der Waals surface area contributed by atoms with Crippen LogP contribution in [0.2, 0.25) is 0 Å². The van der Waals surface area contributed by atoms with E-state index in [-0.39, 0.29) is 12.4 Å². The van der Waals surface area contributed by atoms with Crippen molar-refractivity contribution in [1.82, 2.24) is 5.43 Å². The third-order valence-corrected chi connectivity index (χ3v) is 5.99. The molecule has 3 aromatic carbocycles. The first-order valence-electron chi connectivity index (χ1n) is 9.87. The minimum absolute atomic E-state index is 0.186. The second-order valence-corrected chi connectivity index (χ2v) is 9.35. The maximum Gasteiger partial charge on any atom is 0.271 e. The summed E-state index contributed by atoms with van der Waals surface area (Å²) in [6.45, 7) is 3.85. The third kappa shape index (κ3) is 6.01. The van der Waals surface area contributed by atoms with Crippen molar-refractivity contribution in [2.75, 3.05) is 10.6 Å². The fraction of sp³-hybridized carbons (Fsp3) is 0.167. The molecule has 0 aliphatic rings. The van der Waals surface area contributed by atoms with E-state index in [9.17, 15) is 17.6 Å². The Labute approximate surface area is 187 Å². The Morgan fingerprint density at radius 1 is 0.938 bits per heavy atom. The SMILES string of the molecule is C/C(=N/NC(=O)c1ccc(N(Cc2ccc(C)cc2)S(C)(=O)=O)cc1)c1ccc(F)cc1. The zero-order valence-corrected chi connectivity index (χ0v) is 18.9. The van der Waals surface area contributed by atoms with Crippen LogP contribution in [-0.4, -0.2) is 26.3 Å². The Morgan fingerprint density at radius 3 is 2.06 bits per heavy atom. The van der Waals surface area contributed by atoms with Gasteiger partial charge in [-0.05, 0) is 61.4 Å². The van der Waals surface area contributed by atoms with Gasteiger partial charge in [-0.25, -0.2) is 18.2 Å². The molecule has 0 spiro atoms. The molecule has 0 heterocycles. The van der Waals surface area contributed by atoms with Crippen molar-refractivity contribution < 1.29 is 17.6 Å². The second-order valence-electron chi connectivity index (χ2n) is 7.45. The average molecular weight is 454 g/mol. The summed E-state index contributed by atoms with van der Waals surface area (Å²) in [4.78, 5) is 12.4. The number of carbonyl (C=O) groups excluding carboxylic acids is 1. The van der Waals surface area contributed by atoms with Crippen molar-refractivity contribution in [3.63, 3.8) is 0 Å². The minimum Gasteiger partial charge on any atom is -0.267 e. The van der Waals surface area contributed by atoms with E-state index in [1.165, 1.54) is 16.4 Å². The van der Waals surface area contributed by atoms with Crippen molar-refractivity contribution in [2.45, 2.75) is 20.4 Å². The van der Waals surface area contributed by atoms with E-state index >= 15 is 0 Å². The molecule has 0 radical (unpaired) electrons. The highest BCUT2D eigenvalue weighted by Crippen LogP contribution is 2.21. The molecule has 1 amide bonds. The number of rotatable bonds is 7. The molecule has 0 saturated carbocycles. The largest absolute Gasteiger partial charge is 0.271 e. The molecular weight excluding hydrogens is 429 g/mol. The van der Waals surface area contributed by atoms with Gasteiger partial charge in [0.05, 0.1) is 24.2 Å². The van der Waals surface area contributed by atoms with Gasteiger partial charge < -0.3 is 0 Å². The van der Waals surface area contributed by atoms with Crippen LogP contribution in [0, 0.1) is 12.7 Å². The first-order valence-corrected chi connectivity index (χ1v) is 11.7. The Bertz CT molecular complexity index is 1220. The van der Waals surface area contributed by atoms with Crippen LogP contribution in [0.15, 0.2) is 77.9 Å². The maximum atomic E-state index is 13.0. The molecule has 0 saturated heterocycles. The molecule has 0 fully saturated rings. The molecule has 166 valence electrons. The van der Waals surface area contributed by atoms with Crippen LogP contribution in [0.1, 0.15) is 34.0 Å². The number of nitrogens with one attached hydrogen (secondary N) is 1. The molecule has 0 aromatic heterocycles. The van der Waals surface area contributed by atoms with Crippen molar-refractivity contribution in [3.05, 3.63) is 101 Å².